The number of benzene rings is 3. The van der Waals surface area contributed by atoms with Gasteiger partial charge in [-0.3, -0.25) is 4.79 Å². The van der Waals surface area contributed by atoms with Crippen LogP contribution in [0.25, 0.3) is 22.2 Å². The van der Waals surface area contributed by atoms with E-state index in [1.807, 2.05) is 49.4 Å². The van der Waals surface area contributed by atoms with Crippen LogP contribution < -0.4 is 5.32 Å². The normalized spacial score (nSPS) is 12.1. The highest BCUT2D eigenvalue weighted by Crippen LogP contribution is 2.29. The van der Waals surface area contributed by atoms with Crippen LogP contribution in [-0.2, 0) is 4.79 Å². The Bertz CT molecular complexity index is 1160. The van der Waals surface area contributed by atoms with Crippen LogP contribution in [0, 0.1) is 0 Å². The first-order valence-electron chi connectivity index (χ1n) is 9.10. The Labute approximate surface area is 177 Å². The maximum atomic E-state index is 12.4. The summed E-state index contributed by atoms with van der Waals surface area (Å²) >= 11 is 7.35. The van der Waals surface area contributed by atoms with Crippen molar-refractivity contribution >= 4 is 40.0 Å². The third-order valence-electron chi connectivity index (χ3n) is 4.50. The van der Waals surface area contributed by atoms with Crippen molar-refractivity contribution in [3.63, 3.8) is 0 Å². The van der Waals surface area contributed by atoms with Crippen molar-refractivity contribution < 1.29 is 9.21 Å². The average molecular weight is 424 g/mol. The van der Waals surface area contributed by atoms with Crippen molar-refractivity contribution in [1.82, 2.24) is 15.5 Å². The number of thioether (sulfide) groups is 1. The lowest BCUT2D eigenvalue weighted by Gasteiger charge is -2.16. The first kappa shape index (κ1) is 19.5. The molecule has 0 radical (unpaired) electrons. The van der Waals surface area contributed by atoms with E-state index in [9.17, 15) is 4.79 Å². The van der Waals surface area contributed by atoms with Gasteiger partial charge in [0.25, 0.3) is 5.22 Å². The quantitative estimate of drug-likeness (QED) is 0.414. The number of rotatable bonds is 6. The van der Waals surface area contributed by atoms with Crippen molar-refractivity contribution in [3.8, 4) is 11.5 Å². The molecular formula is C22H18ClN3O2S. The SMILES string of the molecule is CC(NC(=O)CSc1nnc(-c2ccccc2Cl)o1)c1cccc2ccccc12. The lowest BCUT2D eigenvalue weighted by Crippen LogP contribution is -2.28. The van der Waals surface area contributed by atoms with Crippen molar-refractivity contribution in [2.45, 2.75) is 18.2 Å². The molecule has 1 heterocycles. The number of amides is 1. The Hall–Kier alpha value is -2.83. The summed E-state index contributed by atoms with van der Waals surface area (Å²) in [5.41, 5.74) is 1.75. The molecule has 1 N–H and O–H groups in total. The zero-order chi connectivity index (χ0) is 20.2. The van der Waals surface area contributed by atoms with Gasteiger partial charge in [-0.05, 0) is 35.4 Å². The first-order valence-corrected chi connectivity index (χ1v) is 10.5. The Balaban J connectivity index is 1.39. The van der Waals surface area contributed by atoms with Crippen molar-refractivity contribution in [1.29, 1.82) is 0 Å². The second-order valence-corrected chi connectivity index (χ2v) is 7.83. The largest absolute Gasteiger partial charge is 0.411 e. The molecule has 7 heteroatoms. The Morgan fingerprint density at radius 3 is 2.69 bits per heavy atom. The van der Waals surface area contributed by atoms with E-state index in [1.165, 1.54) is 11.8 Å². The number of nitrogens with zero attached hydrogens (tertiary/aromatic N) is 2. The fraction of sp³-hybridized carbons (Fsp3) is 0.136. The molecule has 0 fully saturated rings. The summed E-state index contributed by atoms with van der Waals surface area (Å²) in [5.74, 6) is 0.412. The lowest BCUT2D eigenvalue weighted by atomic mass is 10.00. The minimum Gasteiger partial charge on any atom is -0.411 e. The van der Waals surface area contributed by atoms with Gasteiger partial charge in [0.15, 0.2) is 0 Å². The van der Waals surface area contributed by atoms with Gasteiger partial charge >= 0.3 is 0 Å². The molecular weight excluding hydrogens is 406 g/mol. The van der Waals surface area contributed by atoms with Gasteiger partial charge in [-0.15, -0.1) is 10.2 Å². The average Bonchev–Trinajstić information content (AvgIpc) is 3.21. The van der Waals surface area contributed by atoms with Crippen LogP contribution >= 0.6 is 23.4 Å². The zero-order valence-electron chi connectivity index (χ0n) is 15.6. The van der Waals surface area contributed by atoms with Crippen LogP contribution in [0.2, 0.25) is 5.02 Å². The van der Waals surface area contributed by atoms with Gasteiger partial charge in [0.2, 0.25) is 11.8 Å². The van der Waals surface area contributed by atoms with E-state index in [2.05, 4.69) is 33.7 Å². The second kappa shape index (κ2) is 8.68. The molecule has 0 bridgehead atoms. The molecule has 0 saturated heterocycles. The van der Waals surface area contributed by atoms with E-state index in [0.29, 0.717) is 21.7 Å². The lowest BCUT2D eigenvalue weighted by molar-refractivity contribution is -0.119. The molecule has 0 aliphatic rings. The molecule has 1 amide bonds. The fourth-order valence-electron chi connectivity index (χ4n) is 3.13. The highest BCUT2D eigenvalue weighted by atomic mass is 35.5. The molecule has 3 aromatic carbocycles. The van der Waals surface area contributed by atoms with Gasteiger partial charge < -0.3 is 9.73 Å². The molecule has 1 aromatic heterocycles. The molecule has 1 atom stereocenters. The summed E-state index contributed by atoms with van der Waals surface area (Å²) in [7, 11) is 0. The summed E-state index contributed by atoms with van der Waals surface area (Å²) in [6, 6.07) is 21.4. The summed E-state index contributed by atoms with van der Waals surface area (Å²) in [6.45, 7) is 1.98. The third kappa shape index (κ3) is 4.44. The summed E-state index contributed by atoms with van der Waals surface area (Å²) in [6.07, 6.45) is 0. The van der Waals surface area contributed by atoms with E-state index in [1.54, 1.807) is 6.07 Å². The summed E-state index contributed by atoms with van der Waals surface area (Å²) < 4.78 is 5.62. The molecule has 4 rings (SSSR count). The summed E-state index contributed by atoms with van der Waals surface area (Å²) in [5, 5.41) is 14.2. The molecule has 29 heavy (non-hydrogen) atoms. The van der Waals surface area contributed by atoms with Crippen LogP contribution in [0.3, 0.4) is 0 Å². The van der Waals surface area contributed by atoms with Crippen LogP contribution in [0.5, 0.6) is 0 Å². The Morgan fingerprint density at radius 2 is 1.83 bits per heavy atom. The second-order valence-electron chi connectivity index (χ2n) is 6.50. The third-order valence-corrected chi connectivity index (χ3v) is 5.65. The van der Waals surface area contributed by atoms with E-state index in [-0.39, 0.29) is 17.7 Å². The van der Waals surface area contributed by atoms with Gasteiger partial charge in [0, 0.05) is 0 Å². The maximum Gasteiger partial charge on any atom is 0.277 e. The van der Waals surface area contributed by atoms with Crippen LogP contribution in [0.4, 0.5) is 0 Å². The molecule has 0 aliphatic carbocycles. The molecule has 1 unspecified atom stereocenters. The van der Waals surface area contributed by atoms with Gasteiger partial charge in [-0.25, -0.2) is 0 Å². The molecule has 0 aliphatic heterocycles. The number of halogens is 1. The number of aromatic nitrogens is 2. The summed E-state index contributed by atoms with van der Waals surface area (Å²) in [4.78, 5) is 12.4. The Morgan fingerprint density at radius 1 is 1.07 bits per heavy atom. The highest BCUT2D eigenvalue weighted by molar-refractivity contribution is 7.99. The van der Waals surface area contributed by atoms with E-state index in [4.69, 9.17) is 16.0 Å². The van der Waals surface area contributed by atoms with E-state index in [0.717, 1.165) is 16.3 Å². The maximum absolute atomic E-state index is 12.4. The van der Waals surface area contributed by atoms with E-state index < -0.39 is 0 Å². The fourth-order valence-corrected chi connectivity index (χ4v) is 3.92. The van der Waals surface area contributed by atoms with Crippen molar-refractivity contribution in [3.05, 3.63) is 77.3 Å². The molecule has 4 aromatic rings. The van der Waals surface area contributed by atoms with Gasteiger partial charge in [-0.2, -0.15) is 0 Å². The van der Waals surface area contributed by atoms with E-state index >= 15 is 0 Å². The van der Waals surface area contributed by atoms with Crippen LogP contribution in [0.1, 0.15) is 18.5 Å². The number of nitrogens with one attached hydrogen (secondary N) is 1. The number of hydrogen-bond acceptors (Lipinski definition) is 5. The minimum atomic E-state index is -0.115. The van der Waals surface area contributed by atoms with Crippen molar-refractivity contribution in [2.75, 3.05) is 5.75 Å². The zero-order valence-corrected chi connectivity index (χ0v) is 17.2. The predicted octanol–water partition coefficient (Wildman–Crippen LogP) is 5.51. The van der Waals surface area contributed by atoms with Crippen molar-refractivity contribution in [2.24, 2.45) is 0 Å². The number of fused-ring (bicyclic) bond motifs is 1. The molecule has 5 nitrogen and oxygen atoms in total. The first-order chi connectivity index (χ1) is 14.1. The minimum absolute atomic E-state index is 0.104. The number of carbonyl (C=O) groups is 1. The predicted molar refractivity (Wildman–Crippen MR) is 116 cm³/mol. The molecule has 0 saturated carbocycles. The number of hydrogen-bond donors (Lipinski definition) is 1. The van der Waals surface area contributed by atoms with Gasteiger partial charge in [-0.1, -0.05) is 78.0 Å². The Kier molecular flexibility index (Phi) is 5.83. The standard InChI is InChI=1S/C22H18ClN3O2S/c1-14(16-11-6-8-15-7-2-3-9-17(15)16)24-20(27)13-29-22-26-25-21(28-22)18-10-4-5-12-19(18)23/h2-12,14H,13H2,1H3,(H,24,27). The molecule has 146 valence electrons. The van der Waals surface area contributed by atoms with Crippen LogP contribution in [0.15, 0.2) is 76.4 Å². The van der Waals surface area contributed by atoms with Gasteiger partial charge in [0.1, 0.15) is 0 Å². The van der Waals surface area contributed by atoms with Gasteiger partial charge in [0.05, 0.1) is 22.4 Å². The monoisotopic (exact) mass is 423 g/mol. The smallest absolute Gasteiger partial charge is 0.277 e. The highest BCUT2D eigenvalue weighted by Gasteiger charge is 2.15. The molecule has 0 spiro atoms. The number of carbonyl (C=O) groups excluding carboxylic acids is 1. The topological polar surface area (TPSA) is 68.0 Å². The van der Waals surface area contributed by atoms with Crippen LogP contribution in [-0.4, -0.2) is 21.9 Å².